The Morgan fingerprint density at radius 2 is 2.00 bits per heavy atom. The number of ether oxygens (including phenoxy) is 2. The van der Waals surface area contributed by atoms with Crippen LogP contribution in [-0.2, 0) is 11.2 Å². The number of pyridine rings is 1. The molecule has 0 amide bonds. The number of nitrogens with one attached hydrogen (secondary N) is 3. The van der Waals surface area contributed by atoms with Crippen molar-refractivity contribution in [2.75, 3.05) is 32.0 Å². The summed E-state index contributed by atoms with van der Waals surface area (Å²) in [6.07, 6.45) is 6.44. The Bertz CT molecular complexity index is 1660. The van der Waals surface area contributed by atoms with Crippen LogP contribution in [0.3, 0.4) is 0 Å². The standard InChI is InChI=1S/C17H15FN2O2.C16H18N2O2S/c1-19-11-3-6-17(14(18)9-11)22-16-7-8-20-15-10-12(21-2)4-5-13(15)16;1-2-17-16-15(18-11-21-16)9-13(10-20)14-6-4-3-5-12(14)7-8-19/h3-10,19H,1-2H3;2-6,9-10,17-19H,1,7-8,11H2/b;13-9-. The number of carbonyl (C=O) groups is 1. The highest BCUT2D eigenvalue weighted by atomic mass is 32.2. The number of allylic oxidation sites excluding steroid dienone is 2. The summed E-state index contributed by atoms with van der Waals surface area (Å²) in [6, 6.07) is 19.5. The Balaban J connectivity index is 0.000000197. The van der Waals surface area contributed by atoms with Gasteiger partial charge in [-0.2, -0.15) is 0 Å². The second-order valence-electron chi connectivity index (χ2n) is 9.09. The fourth-order valence-corrected chi connectivity index (χ4v) is 5.14. The van der Waals surface area contributed by atoms with Crippen LogP contribution in [0.4, 0.5) is 10.1 Å². The molecule has 0 saturated heterocycles. The summed E-state index contributed by atoms with van der Waals surface area (Å²) in [4.78, 5) is 15.8. The number of rotatable bonds is 11. The molecule has 0 radical (unpaired) electrons. The molecule has 222 valence electrons. The topological polar surface area (TPSA) is 105 Å². The number of methoxy groups -OCH3 is 1. The summed E-state index contributed by atoms with van der Waals surface area (Å²) in [6.45, 7) is 3.71. The van der Waals surface area contributed by atoms with Crippen LogP contribution in [0.25, 0.3) is 16.5 Å². The third-order valence-electron chi connectivity index (χ3n) is 6.44. The van der Waals surface area contributed by atoms with Gasteiger partial charge in [-0.15, -0.1) is 0 Å². The van der Waals surface area contributed by atoms with Crippen molar-refractivity contribution in [1.29, 1.82) is 0 Å². The van der Waals surface area contributed by atoms with Crippen LogP contribution in [0.15, 0.2) is 103 Å². The van der Waals surface area contributed by atoms with Gasteiger partial charge in [0.2, 0.25) is 0 Å². The maximum atomic E-state index is 14.0. The van der Waals surface area contributed by atoms with Gasteiger partial charge in [-0.05, 0) is 60.2 Å². The Hall–Kier alpha value is -4.80. The molecule has 5 rings (SSSR count). The van der Waals surface area contributed by atoms with Crippen molar-refractivity contribution >= 4 is 40.2 Å². The summed E-state index contributed by atoms with van der Waals surface area (Å²) in [7, 11) is 3.33. The molecule has 4 N–H and O–H groups in total. The molecule has 0 atom stereocenters. The molecule has 0 saturated carbocycles. The number of thioether (sulfide) groups is 1. The Morgan fingerprint density at radius 1 is 1.16 bits per heavy atom. The van der Waals surface area contributed by atoms with Crippen molar-refractivity contribution in [1.82, 2.24) is 15.6 Å². The lowest BCUT2D eigenvalue weighted by Crippen LogP contribution is -2.08. The van der Waals surface area contributed by atoms with Gasteiger partial charge >= 0.3 is 0 Å². The summed E-state index contributed by atoms with van der Waals surface area (Å²) in [5.41, 5.74) is 4.69. The molecule has 10 heteroatoms. The number of hydrogen-bond acceptors (Lipinski definition) is 9. The molecular weight excluding hydrogens is 567 g/mol. The predicted molar refractivity (Wildman–Crippen MR) is 172 cm³/mol. The zero-order chi connectivity index (χ0) is 30.6. The molecule has 0 aliphatic carbocycles. The van der Waals surface area contributed by atoms with E-state index in [1.165, 1.54) is 6.07 Å². The number of carbonyl (C=O) groups excluding carboxylic acids is 1. The van der Waals surface area contributed by atoms with Crippen LogP contribution in [0.2, 0.25) is 0 Å². The van der Waals surface area contributed by atoms with Crippen molar-refractivity contribution in [3.8, 4) is 17.2 Å². The number of aliphatic hydroxyl groups is 1. The third-order valence-corrected chi connectivity index (χ3v) is 7.36. The highest BCUT2D eigenvalue weighted by molar-refractivity contribution is 8.03. The summed E-state index contributed by atoms with van der Waals surface area (Å²) in [5, 5.41) is 20.0. The van der Waals surface area contributed by atoms with Gasteiger partial charge in [0.05, 0.1) is 29.2 Å². The zero-order valence-corrected chi connectivity index (χ0v) is 24.7. The molecule has 0 fully saturated rings. The van der Waals surface area contributed by atoms with Gasteiger partial charge in [0, 0.05) is 48.6 Å². The SMILES string of the molecule is C=CNC1=C(/C=C(/C=O)c2ccccc2CCO)NCS1.CNc1ccc(Oc2ccnc3cc(OC)ccc23)c(F)c1. The van der Waals surface area contributed by atoms with E-state index in [2.05, 4.69) is 27.5 Å². The number of aromatic nitrogens is 1. The van der Waals surface area contributed by atoms with Crippen LogP contribution in [-0.4, -0.2) is 43.0 Å². The number of anilines is 1. The molecule has 3 aromatic carbocycles. The van der Waals surface area contributed by atoms with Gasteiger partial charge in [0.1, 0.15) is 11.5 Å². The van der Waals surface area contributed by atoms with Crippen LogP contribution in [0, 0.1) is 5.82 Å². The predicted octanol–water partition coefficient (Wildman–Crippen LogP) is 6.22. The normalized spacial score (nSPS) is 12.6. The molecule has 1 aliphatic heterocycles. The Morgan fingerprint density at radius 3 is 2.72 bits per heavy atom. The molecule has 4 aromatic rings. The summed E-state index contributed by atoms with van der Waals surface area (Å²) >= 11 is 1.62. The minimum absolute atomic E-state index is 0.0587. The van der Waals surface area contributed by atoms with Crippen LogP contribution >= 0.6 is 11.8 Å². The average Bonchev–Trinajstić information content (AvgIpc) is 3.48. The fourth-order valence-electron chi connectivity index (χ4n) is 4.32. The molecule has 8 nitrogen and oxygen atoms in total. The molecular formula is C33H33FN4O4S. The minimum atomic E-state index is -0.426. The highest BCUT2D eigenvalue weighted by Gasteiger charge is 2.14. The first-order chi connectivity index (χ1) is 21.0. The monoisotopic (exact) mass is 600 g/mol. The van der Waals surface area contributed by atoms with Crippen LogP contribution in [0.5, 0.6) is 17.2 Å². The number of benzene rings is 3. The van der Waals surface area contributed by atoms with E-state index in [4.69, 9.17) is 14.6 Å². The lowest BCUT2D eigenvalue weighted by Gasteiger charge is -2.11. The first-order valence-electron chi connectivity index (χ1n) is 13.4. The van der Waals surface area contributed by atoms with Crippen molar-refractivity contribution in [2.45, 2.75) is 6.42 Å². The number of fused-ring (bicyclic) bond motifs is 1. The number of nitrogens with zero attached hydrogens (tertiary/aromatic N) is 1. The van der Waals surface area contributed by atoms with Crippen molar-refractivity contribution in [3.05, 3.63) is 119 Å². The van der Waals surface area contributed by atoms with Gasteiger partial charge in [0.25, 0.3) is 0 Å². The summed E-state index contributed by atoms with van der Waals surface area (Å²) < 4.78 is 24.9. The van der Waals surface area contributed by atoms with Gasteiger partial charge in [0.15, 0.2) is 17.9 Å². The Labute approximate surface area is 254 Å². The van der Waals surface area contributed by atoms with E-state index in [-0.39, 0.29) is 12.4 Å². The Kier molecular flexibility index (Phi) is 11.2. The van der Waals surface area contributed by atoms with E-state index in [0.717, 1.165) is 44.9 Å². The third kappa shape index (κ3) is 7.94. The van der Waals surface area contributed by atoms with Gasteiger partial charge < -0.3 is 30.5 Å². The van der Waals surface area contributed by atoms with E-state index in [9.17, 15) is 9.18 Å². The number of halogens is 1. The molecule has 0 bridgehead atoms. The lowest BCUT2D eigenvalue weighted by atomic mass is 9.98. The summed E-state index contributed by atoms with van der Waals surface area (Å²) in [5.74, 6) is 1.75. The molecule has 1 aromatic heterocycles. The maximum absolute atomic E-state index is 14.0. The first-order valence-corrected chi connectivity index (χ1v) is 14.4. The van der Waals surface area contributed by atoms with Gasteiger partial charge in [-0.1, -0.05) is 42.6 Å². The van der Waals surface area contributed by atoms with Gasteiger partial charge in [-0.25, -0.2) is 4.39 Å². The second kappa shape index (κ2) is 15.4. The smallest absolute Gasteiger partial charge is 0.167 e. The lowest BCUT2D eigenvalue weighted by molar-refractivity contribution is -0.103. The van der Waals surface area contributed by atoms with Crippen molar-refractivity contribution in [3.63, 3.8) is 0 Å². The van der Waals surface area contributed by atoms with Crippen LogP contribution in [0.1, 0.15) is 11.1 Å². The molecule has 0 spiro atoms. The highest BCUT2D eigenvalue weighted by Crippen LogP contribution is 2.33. The van der Waals surface area contributed by atoms with Crippen molar-refractivity contribution in [2.24, 2.45) is 0 Å². The van der Waals surface area contributed by atoms with Gasteiger partial charge in [-0.3, -0.25) is 9.78 Å². The molecule has 1 aliphatic rings. The largest absolute Gasteiger partial charge is 0.497 e. The number of aldehydes is 1. The van der Waals surface area contributed by atoms with Crippen molar-refractivity contribution < 1.29 is 23.8 Å². The van der Waals surface area contributed by atoms with E-state index in [0.29, 0.717) is 29.2 Å². The maximum Gasteiger partial charge on any atom is 0.167 e. The van der Waals surface area contributed by atoms with E-state index >= 15 is 0 Å². The second-order valence-corrected chi connectivity index (χ2v) is 10.1. The fraction of sp³-hybridized carbons (Fsp3) is 0.152. The quantitative estimate of drug-likeness (QED) is 0.118. The van der Waals surface area contributed by atoms with E-state index in [1.54, 1.807) is 56.5 Å². The first kappa shape index (κ1) is 31.1. The van der Waals surface area contributed by atoms with E-state index in [1.807, 2.05) is 48.5 Å². The molecule has 0 unspecified atom stereocenters. The number of aliphatic hydroxyl groups excluding tert-OH is 1. The average molecular weight is 601 g/mol. The molecule has 2 heterocycles. The van der Waals surface area contributed by atoms with E-state index < -0.39 is 5.82 Å². The van der Waals surface area contributed by atoms with Crippen LogP contribution < -0.4 is 25.4 Å². The minimum Gasteiger partial charge on any atom is -0.497 e. The number of hydrogen-bond donors (Lipinski definition) is 4. The zero-order valence-electron chi connectivity index (χ0n) is 23.9. The molecule has 43 heavy (non-hydrogen) atoms.